The summed E-state index contributed by atoms with van der Waals surface area (Å²) in [6.07, 6.45) is 0.270. The van der Waals surface area contributed by atoms with Gasteiger partial charge in [-0.1, -0.05) is 54.1 Å². The van der Waals surface area contributed by atoms with Crippen LogP contribution in [0.3, 0.4) is 0 Å². The van der Waals surface area contributed by atoms with E-state index < -0.39 is 23.5 Å². The van der Waals surface area contributed by atoms with E-state index in [1.165, 1.54) is 13.2 Å². The number of rotatable bonds is 7. The first kappa shape index (κ1) is 21.3. The van der Waals surface area contributed by atoms with E-state index in [0.717, 1.165) is 15.8 Å². The number of hydrogen-bond donors (Lipinski definition) is 1. The van der Waals surface area contributed by atoms with Crippen molar-refractivity contribution in [2.75, 3.05) is 7.11 Å². The van der Waals surface area contributed by atoms with Gasteiger partial charge in [0.25, 0.3) is 5.56 Å². The van der Waals surface area contributed by atoms with Gasteiger partial charge in [-0.2, -0.15) is 5.10 Å². The lowest BCUT2D eigenvalue weighted by molar-refractivity contribution is -0.145. The molecule has 0 bridgehead atoms. The molecule has 154 valence electrons. The van der Waals surface area contributed by atoms with Crippen LogP contribution in [-0.4, -0.2) is 34.8 Å². The highest BCUT2D eigenvalue weighted by atomic mass is 35.5. The zero-order chi connectivity index (χ0) is 21.5. The van der Waals surface area contributed by atoms with E-state index in [0.29, 0.717) is 10.7 Å². The molecule has 30 heavy (non-hydrogen) atoms. The van der Waals surface area contributed by atoms with Crippen LogP contribution in [0.25, 0.3) is 11.3 Å². The SMILES string of the molecule is COC(=O)[C@H](Cc1ccccc1)NC(=O)Cn1nc(-c2ccc(Cl)cc2)ccc1=O. The molecular formula is C22H20ClN3O4. The largest absolute Gasteiger partial charge is 0.467 e. The molecule has 3 aromatic rings. The van der Waals surface area contributed by atoms with E-state index in [9.17, 15) is 14.4 Å². The topological polar surface area (TPSA) is 90.3 Å². The molecule has 0 spiro atoms. The number of nitrogens with zero attached hydrogens (tertiary/aromatic N) is 2. The lowest BCUT2D eigenvalue weighted by atomic mass is 10.1. The first-order chi connectivity index (χ1) is 14.5. The highest BCUT2D eigenvalue weighted by Gasteiger charge is 2.22. The Morgan fingerprint density at radius 2 is 1.77 bits per heavy atom. The minimum Gasteiger partial charge on any atom is -0.467 e. The molecule has 0 aliphatic heterocycles. The summed E-state index contributed by atoms with van der Waals surface area (Å²) >= 11 is 5.90. The smallest absolute Gasteiger partial charge is 0.328 e. The number of carbonyl (C=O) groups excluding carboxylic acids is 2. The molecular weight excluding hydrogens is 406 g/mol. The van der Waals surface area contributed by atoms with Crippen molar-refractivity contribution in [2.45, 2.75) is 19.0 Å². The number of aromatic nitrogens is 2. The van der Waals surface area contributed by atoms with Crippen LogP contribution in [0.2, 0.25) is 5.02 Å². The van der Waals surface area contributed by atoms with Crippen LogP contribution in [0, 0.1) is 0 Å². The number of hydrogen-bond acceptors (Lipinski definition) is 5. The molecule has 3 rings (SSSR count). The maximum Gasteiger partial charge on any atom is 0.328 e. The standard InChI is InChI=1S/C22H20ClN3O4/c1-30-22(29)19(13-15-5-3-2-4-6-15)24-20(27)14-26-21(28)12-11-18(25-26)16-7-9-17(23)10-8-16/h2-12,19H,13-14H2,1H3,(H,24,27)/t19-/m0/s1. The monoisotopic (exact) mass is 425 g/mol. The normalized spacial score (nSPS) is 11.5. The van der Waals surface area contributed by atoms with E-state index in [-0.39, 0.29) is 13.0 Å². The van der Waals surface area contributed by atoms with Crippen LogP contribution in [-0.2, 0) is 27.3 Å². The van der Waals surface area contributed by atoms with Gasteiger partial charge < -0.3 is 10.1 Å². The summed E-state index contributed by atoms with van der Waals surface area (Å²) in [6, 6.07) is 18.3. The lowest BCUT2D eigenvalue weighted by Crippen LogP contribution is -2.45. The molecule has 8 heteroatoms. The fourth-order valence-electron chi connectivity index (χ4n) is 2.90. The molecule has 0 fully saturated rings. The minimum absolute atomic E-state index is 0.270. The number of amides is 1. The fraction of sp³-hybridized carbons (Fsp3) is 0.182. The van der Waals surface area contributed by atoms with Gasteiger partial charge in [-0.05, 0) is 23.8 Å². The van der Waals surface area contributed by atoms with Gasteiger partial charge in [-0.3, -0.25) is 9.59 Å². The third kappa shape index (κ3) is 5.55. The predicted octanol–water partition coefficient (Wildman–Crippen LogP) is 2.46. The van der Waals surface area contributed by atoms with Gasteiger partial charge in [-0.15, -0.1) is 0 Å². The van der Waals surface area contributed by atoms with E-state index in [1.807, 2.05) is 30.3 Å². The van der Waals surface area contributed by atoms with Crippen molar-refractivity contribution >= 4 is 23.5 Å². The Bertz CT molecular complexity index is 1080. The third-order valence-corrected chi connectivity index (χ3v) is 4.66. The van der Waals surface area contributed by atoms with Crippen molar-refractivity contribution in [2.24, 2.45) is 0 Å². The van der Waals surface area contributed by atoms with Crippen LogP contribution in [0.1, 0.15) is 5.56 Å². The summed E-state index contributed by atoms with van der Waals surface area (Å²) < 4.78 is 5.85. The van der Waals surface area contributed by atoms with Gasteiger partial charge in [0.15, 0.2) is 0 Å². The molecule has 0 aliphatic carbocycles. The molecule has 1 atom stereocenters. The van der Waals surface area contributed by atoms with Crippen molar-refractivity contribution in [1.82, 2.24) is 15.1 Å². The van der Waals surface area contributed by atoms with Gasteiger partial charge in [0, 0.05) is 23.1 Å². The van der Waals surface area contributed by atoms with Crippen LogP contribution >= 0.6 is 11.6 Å². The highest BCUT2D eigenvalue weighted by molar-refractivity contribution is 6.30. The molecule has 1 N–H and O–H groups in total. The minimum atomic E-state index is -0.875. The molecule has 7 nitrogen and oxygen atoms in total. The summed E-state index contributed by atoms with van der Waals surface area (Å²) in [5.41, 5.74) is 1.71. The molecule has 0 aliphatic rings. The van der Waals surface area contributed by atoms with Gasteiger partial charge >= 0.3 is 5.97 Å². The Balaban J connectivity index is 1.75. The average Bonchev–Trinajstić information content (AvgIpc) is 2.75. The van der Waals surface area contributed by atoms with E-state index in [1.54, 1.807) is 30.3 Å². The number of nitrogens with one attached hydrogen (secondary N) is 1. The first-order valence-corrected chi connectivity index (χ1v) is 9.59. The van der Waals surface area contributed by atoms with Crippen molar-refractivity contribution in [3.05, 3.63) is 87.7 Å². The van der Waals surface area contributed by atoms with Crippen molar-refractivity contribution in [3.63, 3.8) is 0 Å². The first-order valence-electron chi connectivity index (χ1n) is 9.21. The molecule has 0 saturated carbocycles. The second-order valence-corrected chi connectivity index (χ2v) is 6.99. The van der Waals surface area contributed by atoms with E-state index in [4.69, 9.17) is 16.3 Å². The summed E-state index contributed by atoms with van der Waals surface area (Å²) in [5, 5.41) is 7.46. The average molecular weight is 426 g/mol. The zero-order valence-corrected chi connectivity index (χ0v) is 17.0. The summed E-state index contributed by atoms with van der Waals surface area (Å²) in [6.45, 7) is -0.331. The van der Waals surface area contributed by atoms with Gasteiger partial charge in [0.2, 0.25) is 5.91 Å². The maximum atomic E-state index is 12.5. The molecule has 0 unspecified atom stereocenters. The molecule has 1 amide bonds. The predicted molar refractivity (Wildman–Crippen MR) is 113 cm³/mol. The molecule has 0 saturated heterocycles. The number of ether oxygens (including phenoxy) is 1. The van der Waals surface area contributed by atoms with E-state index >= 15 is 0 Å². The number of halogens is 1. The van der Waals surface area contributed by atoms with E-state index in [2.05, 4.69) is 10.4 Å². The van der Waals surface area contributed by atoms with Crippen molar-refractivity contribution < 1.29 is 14.3 Å². The van der Waals surface area contributed by atoms with Crippen LogP contribution in [0.15, 0.2) is 71.5 Å². The summed E-state index contributed by atoms with van der Waals surface area (Å²) in [4.78, 5) is 36.8. The number of esters is 1. The molecule has 2 aromatic carbocycles. The zero-order valence-electron chi connectivity index (χ0n) is 16.2. The van der Waals surface area contributed by atoms with Crippen molar-refractivity contribution in [1.29, 1.82) is 0 Å². The Labute approximate surface area is 178 Å². The molecule has 1 heterocycles. The van der Waals surface area contributed by atoms with Crippen LogP contribution < -0.4 is 10.9 Å². The second kappa shape index (κ2) is 9.84. The van der Waals surface area contributed by atoms with Crippen molar-refractivity contribution in [3.8, 4) is 11.3 Å². The number of methoxy groups -OCH3 is 1. The number of benzene rings is 2. The highest BCUT2D eigenvalue weighted by Crippen LogP contribution is 2.18. The summed E-state index contributed by atoms with van der Waals surface area (Å²) in [7, 11) is 1.26. The maximum absolute atomic E-state index is 12.5. The fourth-order valence-corrected chi connectivity index (χ4v) is 3.02. The Morgan fingerprint density at radius 3 is 2.43 bits per heavy atom. The summed E-state index contributed by atoms with van der Waals surface area (Å²) in [5.74, 6) is -1.09. The molecule has 0 radical (unpaired) electrons. The Kier molecular flexibility index (Phi) is 6.98. The van der Waals surface area contributed by atoms with Crippen LogP contribution in [0.5, 0.6) is 0 Å². The van der Waals surface area contributed by atoms with Gasteiger partial charge in [-0.25, -0.2) is 9.48 Å². The second-order valence-electron chi connectivity index (χ2n) is 6.55. The van der Waals surface area contributed by atoms with Gasteiger partial charge in [0.05, 0.1) is 12.8 Å². The Morgan fingerprint density at radius 1 is 1.07 bits per heavy atom. The third-order valence-electron chi connectivity index (χ3n) is 4.40. The quantitative estimate of drug-likeness (QED) is 0.587. The number of carbonyl (C=O) groups is 2. The van der Waals surface area contributed by atoms with Gasteiger partial charge in [0.1, 0.15) is 12.6 Å². The van der Waals surface area contributed by atoms with Crippen LogP contribution in [0.4, 0.5) is 0 Å². The Hall–Kier alpha value is -3.45. The lowest BCUT2D eigenvalue weighted by Gasteiger charge is -2.17. The molecule has 1 aromatic heterocycles.